The number of rotatable bonds is 3. The van der Waals surface area contributed by atoms with Crippen LogP contribution in [-0.4, -0.2) is 54.6 Å². The van der Waals surface area contributed by atoms with Crippen LogP contribution < -0.4 is 4.90 Å². The van der Waals surface area contributed by atoms with Crippen molar-refractivity contribution in [3.63, 3.8) is 0 Å². The molecule has 6 nitrogen and oxygen atoms in total. The Morgan fingerprint density at radius 3 is 2.67 bits per heavy atom. The summed E-state index contributed by atoms with van der Waals surface area (Å²) in [5.74, 6) is 0.0703. The third-order valence-electron chi connectivity index (χ3n) is 4.73. The van der Waals surface area contributed by atoms with Crippen molar-refractivity contribution in [3.05, 3.63) is 41.0 Å². The van der Waals surface area contributed by atoms with Crippen molar-refractivity contribution in [1.82, 2.24) is 9.80 Å². The number of hydrogen-bond donors (Lipinski definition) is 0. The van der Waals surface area contributed by atoms with Crippen LogP contribution in [0.4, 0.5) is 10.5 Å². The lowest BCUT2D eigenvalue weighted by Crippen LogP contribution is -2.33. The van der Waals surface area contributed by atoms with Crippen molar-refractivity contribution in [2.75, 3.05) is 32.1 Å². The van der Waals surface area contributed by atoms with Gasteiger partial charge in [-0.25, -0.2) is 4.79 Å². The second kappa shape index (κ2) is 7.35. The van der Waals surface area contributed by atoms with Gasteiger partial charge in [0.1, 0.15) is 5.60 Å². The van der Waals surface area contributed by atoms with Gasteiger partial charge in [0.25, 0.3) is 5.91 Å². The standard InChI is InChI=1S/C21H29N3O3/c1-21(2,3)27-20(26)23-13-16-7-6-8-18(17(16)14-23)24-12-10-15(19(24)25)9-11-22(4)5/h6-9H,10-14H2,1-5H3. The van der Waals surface area contributed by atoms with Crippen molar-refractivity contribution in [1.29, 1.82) is 0 Å². The molecule has 0 aliphatic carbocycles. The molecule has 0 unspecified atom stereocenters. The number of likely N-dealkylation sites (N-methyl/N-ethyl adjacent to an activating group) is 1. The molecule has 2 heterocycles. The van der Waals surface area contributed by atoms with Crippen molar-refractivity contribution in [2.24, 2.45) is 0 Å². The molecule has 3 rings (SSSR count). The first-order chi connectivity index (χ1) is 12.7. The fourth-order valence-electron chi connectivity index (χ4n) is 3.44. The van der Waals surface area contributed by atoms with E-state index in [-0.39, 0.29) is 12.0 Å². The van der Waals surface area contributed by atoms with E-state index in [0.717, 1.165) is 35.4 Å². The quantitative estimate of drug-likeness (QED) is 0.766. The highest BCUT2D eigenvalue weighted by Gasteiger charge is 2.33. The van der Waals surface area contributed by atoms with Crippen molar-refractivity contribution >= 4 is 17.7 Å². The van der Waals surface area contributed by atoms with E-state index in [1.165, 1.54) is 0 Å². The molecular formula is C21H29N3O3. The summed E-state index contributed by atoms with van der Waals surface area (Å²) < 4.78 is 5.50. The van der Waals surface area contributed by atoms with Crippen LogP contribution in [0.3, 0.4) is 0 Å². The molecule has 0 atom stereocenters. The SMILES string of the molecule is CN(C)CC=C1CCN(c2cccc3c2CN(C(=O)OC(C)(C)C)C3)C1=O. The van der Waals surface area contributed by atoms with Gasteiger partial charge in [0.05, 0.1) is 6.54 Å². The molecule has 0 radical (unpaired) electrons. The van der Waals surface area contributed by atoms with E-state index in [4.69, 9.17) is 4.74 Å². The number of ether oxygens (including phenoxy) is 1. The molecular weight excluding hydrogens is 342 g/mol. The molecule has 0 N–H and O–H groups in total. The second-order valence-corrected chi connectivity index (χ2v) is 8.45. The van der Waals surface area contributed by atoms with Gasteiger partial charge >= 0.3 is 6.09 Å². The normalized spacial score (nSPS) is 18.6. The van der Waals surface area contributed by atoms with Crippen LogP contribution in [0.1, 0.15) is 38.3 Å². The summed E-state index contributed by atoms with van der Waals surface area (Å²) in [5.41, 5.74) is 3.38. The molecule has 2 aliphatic rings. The van der Waals surface area contributed by atoms with Gasteiger partial charge in [-0.2, -0.15) is 0 Å². The van der Waals surface area contributed by atoms with Crippen LogP contribution in [0.5, 0.6) is 0 Å². The fraction of sp³-hybridized carbons (Fsp3) is 0.524. The average Bonchev–Trinajstić information content (AvgIpc) is 3.15. The summed E-state index contributed by atoms with van der Waals surface area (Å²) in [5, 5.41) is 0. The molecule has 1 aromatic carbocycles. The zero-order valence-electron chi connectivity index (χ0n) is 16.9. The summed E-state index contributed by atoms with van der Waals surface area (Å²) in [7, 11) is 3.98. The molecule has 6 heteroatoms. The lowest BCUT2D eigenvalue weighted by Gasteiger charge is -2.24. The number of amides is 2. The monoisotopic (exact) mass is 371 g/mol. The molecule has 1 aromatic rings. The Balaban J connectivity index is 1.78. The Hall–Kier alpha value is -2.34. The maximum Gasteiger partial charge on any atom is 0.410 e. The predicted octanol–water partition coefficient (Wildman–Crippen LogP) is 3.16. The van der Waals surface area contributed by atoms with Gasteiger partial charge in [-0.05, 0) is 52.9 Å². The molecule has 0 saturated carbocycles. The first-order valence-electron chi connectivity index (χ1n) is 9.40. The smallest absolute Gasteiger partial charge is 0.410 e. The molecule has 146 valence electrons. The fourth-order valence-corrected chi connectivity index (χ4v) is 3.44. The Morgan fingerprint density at radius 2 is 2.00 bits per heavy atom. The summed E-state index contributed by atoms with van der Waals surface area (Å²) in [6.07, 6.45) is 2.45. The lowest BCUT2D eigenvalue weighted by atomic mass is 10.1. The maximum atomic E-state index is 12.9. The first-order valence-corrected chi connectivity index (χ1v) is 9.40. The van der Waals surface area contributed by atoms with Crippen LogP contribution in [-0.2, 0) is 22.6 Å². The number of nitrogens with zero attached hydrogens (tertiary/aromatic N) is 3. The van der Waals surface area contributed by atoms with Gasteiger partial charge in [-0.15, -0.1) is 0 Å². The van der Waals surface area contributed by atoms with E-state index in [1.807, 2.05) is 68.9 Å². The number of carbonyl (C=O) groups excluding carboxylic acids is 2. The van der Waals surface area contributed by atoms with Gasteiger partial charge in [0, 0.05) is 36.5 Å². The van der Waals surface area contributed by atoms with Crippen LogP contribution in [0.15, 0.2) is 29.8 Å². The molecule has 2 aliphatic heterocycles. The summed E-state index contributed by atoms with van der Waals surface area (Å²) in [6, 6.07) is 5.96. The Morgan fingerprint density at radius 1 is 1.26 bits per heavy atom. The lowest BCUT2D eigenvalue weighted by molar-refractivity contribution is -0.114. The Bertz CT molecular complexity index is 777. The second-order valence-electron chi connectivity index (χ2n) is 8.45. The number of fused-ring (bicyclic) bond motifs is 1. The Kier molecular flexibility index (Phi) is 5.29. The highest BCUT2D eigenvalue weighted by Crippen LogP contribution is 2.35. The minimum absolute atomic E-state index is 0.0703. The molecule has 0 spiro atoms. The summed E-state index contributed by atoms with van der Waals surface area (Å²) >= 11 is 0. The molecule has 0 bridgehead atoms. The van der Waals surface area contributed by atoms with E-state index < -0.39 is 5.60 Å². The zero-order valence-corrected chi connectivity index (χ0v) is 16.9. The Labute approximate surface area is 161 Å². The van der Waals surface area contributed by atoms with Crippen molar-refractivity contribution in [2.45, 2.75) is 45.9 Å². The number of anilines is 1. The van der Waals surface area contributed by atoms with Gasteiger partial charge in [0.2, 0.25) is 0 Å². The summed E-state index contributed by atoms with van der Waals surface area (Å²) in [4.78, 5) is 30.9. The van der Waals surface area contributed by atoms with Gasteiger partial charge in [-0.1, -0.05) is 18.2 Å². The van der Waals surface area contributed by atoms with E-state index in [9.17, 15) is 9.59 Å². The average molecular weight is 371 g/mol. The minimum atomic E-state index is -0.522. The van der Waals surface area contributed by atoms with E-state index in [1.54, 1.807) is 4.90 Å². The number of benzene rings is 1. The van der Waals surface area contributed by atoms with E-state index >= 15 is 0 Å². The molecule has 2 amide bonds. The number of carbonyl (C=O) groups is 2. The first kappa shape index (κ1) is 19.4. The molecule has 27 heavy (non-hydrogen) atoms. The van der Waals surface area contributed by atoms with Crippen LogP contribution in [0, 0.1) is 0 Å². The van der Waals surface area contributed by atoms with Gasteiger partial charge in [-0.3, -0.25) is 9.69 Å². The van der Waals surface area contributed by atoms with Crippen molar-refractivity contribution in [3.8, 4) is 0 Å². The third-order valence-corrected chi connectivity index (χ3v) is 4.73. The molecule has 1 saturated heterocycles. The van der Waals surface area contributed by atoms with Crippen LogP contribution in [0.2, 0.25) is 0 Å². The van der Waals surface area contributed by atoms with Gasteiger partial charge < -0.3 is 14.5 Å². The highest BCUT2D eigenvalue weighted by molar-refractivity contribution is 6.08. The maximum absolute atomic E-state index is 12.9. The highest BCUT2D eigenvalue weighted by atomic mass is 16.6. The largest absolute Gasteiger partial charge is 0.444 e. The van der Waals surface area contributed by atoms with Gasteiger partial charge in [0.15, 0.2) is 0 Å². The predicted molar refractivity (Wildman–Crippen MR) is 106 cm³/mol. The minimum Gasteiger partial charge on any atom is -0.444 e. The van der Waals surface area contributed by atoms with E-state index in [0.29, 0.717) is 19.6 Å². The van der Waals surface area contributed by atoms with Crippen molar-refractivity contribution < 1.29 is 14.3 Å². The third kappa shape index (κ3) is 4.33. The van der Waals surface area contributed by atoms with Crippen LogP contribution >= 0.6 is 0 Å². The van der Waals surface area contributed by atoms with E-state index in [2.05, 4.69) is 0 Å². The zero-order chi connectivity index (χ0) is 19.8. The van der Waals surface area contributed by atoms with Crippen LogP contribution in [0.25, 0.3) is 0 Å². The summed E-state index contributed by atoms with van der Waals surface area (Å²) in [6.45, 7) is 8.03. The topological polar surface area (TPSA) is 53.1 Å². The molecule has 1 fully saturated rings. The number of hydrogen-bond acceptors (Lipinski definition) is 4. The molecule has 0 aromatic heterocycles.